The van der Waals surface area contributed by atoms with Crippen LogP contribution in [0.1, 0.15) is 22.3 Å². The number of hydrogen-bond acceptors (Lipinski definition) is 4. The fraction of sp³-hybridized carbons (Fsp3) is 0.214. The first-order chi connectivity index (χ1) is 10.1. The van der Waals surface area contributed by atoms with Gasteiger partial charge in [-0.15, -0.1) is 0 Å². The number of aryl methyl sites for hydroxylation is 1. The smallest absolute Gasteiger partial charge is 0.325 e. The predicted molar refractivity (Wildman–Crippen MR) is 78.5 cm³/mol. The molecule has 4 N–H and O–H groups in total. The molecule has 1 aromatic heterocycles. The topological polar surface area (TPSA) is 112 Å². The van der Waals surface area contributed by atoms with Gasteiger partial charge in [0.15, 0.2) is 0 Å². The van der Waals surface area contributed by atoms with E-state index in [1.165, 1.54) is 0 Å². The van der Waals surface area contributed by atoms with Crippen LogP contribution in [-0.4, -0.2) is 22.4 Å². The average Bonchev–Trinajstić information content (AvgIpc) is 2.45. The van der Waals surface area contributed by atoms with Gasteiger partial charge < -0.3 is 15.6 Å². The number of anilines is 2. The summed E-state index contributed by atoms with van der Waals surface area (Å²) in [5.41, 5.74) is 6.73. The van der Waals surface area contributed by atoms with Crippen LogP contribution in [0, 0.1) is 0 Å². The van der Waals surface area contributed by atoms with Crippen molar-refractivity contribution in [2.45, 2.75) is 12.8 Å². The van der Waals surface area contributed by atoms with E-state index in [9.17, 15) is 14.4 Å². The van der Waals surface area contributed by atoms with Gasteiger partial charge in [0.1, 0.15) is 5.56 Å². The Morgan fingerprint density at radius 1 is 1.29 bits per heavy atom. The van der Waals surface area contributed by atoms with Crippen LogP contribution in [0.5, 0.6) is 0 Å². The summed E-state index contributed by atoms with van der Waals surface area (Å²) in [4.78, 5) is 41.2. The molecule has 0 bridgehead atoms. The first kappa shape index (κ1) is 13.2. The zero-order valence-electron chi connectivity index (χ0n) is 11.2. The van der Waals surface area contributed by atoms with Crippen LogP contribution in [-0.2, 0) is 6.42 Å². The third-order valence-electron chi connectivity index (χ3n) is 3.52. The summed E-state index contributed by atoms with van der Waals surface area (Å²) in [6.07, 6.45) is 2.78. The van der Waals surface area contributed by atoms with Crippen molar-refractivity contribution in [3.05, 3.63) is 56.4 Å². The van der Waals surface area contributed by atoms with E-state index in [-0.39, 0.29) is 5.56 Å². The Kier molecular flexibility index (Phi) is 3.09. The van der Waals surface area contributed by atoms with Crippen molar-refractivity contribution in [2.75, 3.05) is 17.2 Å². The van der Waals surface area contributed by atoms with Gasteiger partial charge >= 0.3 is 5.69 Å². The number of fused-ring (bicyclic) bond motifs is 1. The molecule has 3 rings (SSSR count). The molecule has 108 valence electrons. The fourth-order valence-corrected chi connectivity index (χ4v) is 2.54. The minimum Gasteiger partial charge on any atom is -0.399 e. The maximum atomic E-state index is 12.5. The van der Waals surface area contributed by atoms with Gasteiger partial charge in [-0.2, -0.15) is 0 Å². The van der Waals surface area contributed by atoms with Crippen molar-refractivity contribution in [3.63, 3.8) is 0 Å². The summed E-state index contributed by atoms with van der Waals surface area (Å²) in [5, 5.41) is 0. The Morgan fingerprint density at radius 3 is 2.86 bits per heavy atom. The number of nitrogens with one attached hydrogen (secondary N) is 2. The molecule has 0 unspecified atom stereocenters. The lowest BCUT2D eigenvalue weighted by molar-refractivity contribution is 0.0983. The number of amides is 1. The number of nitrogens with two attached hydrogens (primary N) is 1. The Hall–Kier alpha value is -2.83. The van der Waals surface area contributed by atoms with Crippen molar-refractivity contribution in [1.82, 2.24) is 9.97 Å². The van der Waals surface area contributed by atoms with Crippen LogP contribution < -0.4 is 21.9 Å². The number of aromatic amines is 2. The first-order valence-corrected chi connectivity index (χ1v) is 6.58. The number of nitrogen functional groups attached to an aromatic ring is 1. The van der Waals surface area contributed by atoms with Gasteiger partial charge in [0, 0.05) is 24.1 Å². The van der Waals surface area contributed by atoms with Crippen LogP contribution in [0.15, 0.2) is 34.0 Å². The van der Waals surface area contributed by atoms with E-state index >= 15 is 0 Å². The summed E-state index contributed by atoms with van der Waals surface area (Å²) in [6.45, 7) is 0.522. The Labute approximate surface area is 119 Å². The van der Waals surface area contributed by atoms with Crippen molar-refractivity contribution in [2.24, 2.45) is 0 Å². The minimum atomic E-state index is -0.689. The number of carbonyl (C=O) groups is 1. The van der Waals surface area contributed by atoms with Gasteiger partial charge in [-0.1, -0.05) is 0 Å². The maximum Gasteiger partial charge on any atom is 0.325 e. The first-order valence-electron chi connectivity index (χ1n) is 6.58. The number of carbonyl (C=O) groups excluding carboxylic acids is 1. The number of H-pyrrole nitrogens is 2. The van der Waals surface area contributed by atoms with E-state index in [1.807, 2.05) is 6.07 Å². The molecule has 1 aliphatic heterocycles. The summed E-state index contributed by atoms with van der Waals surface area (Å²) in [6, 6.07) is 5.34. The molecule has 0 saturated heterocycles. The minimum absolute atomic E-state index is 0.0840. The number of benzene rings is 1. The quantitative estimate of drug-likeness (QED) is 0.652. The van der Waals surface area contributed by atoms with Crippen molar-refractivity contribution in [3.8, 4) is 0 Å². The molecule has 0 saturated carbocycles. The normalized spacial score (nSPS) is 13.8. The van der Waals surface area contributed by atoms with E-state index in [0.717, 1.165) is 30.3 Å². The fourth-order valence-electron chi connectivity index (χ4n) is 2.54. The van der Waals surface area contributed by atoms with E-state index in [0.29, 0.717) is 12.2 Å². The van der Waals surface area contributed by atoms with Crippen LogP contribution >= 0.6 is 0 Å². The monoisotopic (exact) mass is 286 g/mol. The summed E-state index contributed by atoms with van der Waals surface area (Å²) in [7, 11) is 0. The molecule has 0 aliphatic carbocycles. The highest BCUT2D eigenvalue weighted by atomic mass is 16.2. The Balaban J connectivity index is 2.04. The molecule has 0 spiro atoms. The molecule has 21 heavy (non-hydrogen) atoms. The summed E-state index contributed by atoms with van der Waals surface area (Å²) >= 11 is 0. The number of aromatic nitrogens is 2. The van der Waals surface area contributed by atoms with Crippen molar-refractivity contribution in [1.29, 1.82) is 0 Å². The molecule has 7 nitrogen and oxygen atoms in total. The molecule has 1 aliphatic rings. The number of hydrogen-bond donors (Lipinski definition) is 3. The lowest BCUT2D eigenvalue weighted by Crippen LogP contribution is -2.39. The van der Waals surface area contributed by atoms with Gasteiger partial charge in [0.25, 0.3) is 11.5 Å². The highest BCUT2D eigenvalue weighted by Crippen LogP contribution is 2.29. The third-order valence-corrected chi connectivity index (χ3v) is 3.52. The molecule has 2 aromatic rings. The summed E-state index contributed by atoms with van der Waals surface area (Å²) < 4.78 is 0. The molecule has 0 radical (unpaired) electrons. The van der Waals surface area contributed by atoms with E-state index in [2.05, 4.69) is 9.97 Å². The van der Waals surface area contributed by atoms with Gasteiger partial charge in [-0.3, -0.25) is 14.6 Å². The van der Waals surface area contributed by atoms with Gasteiger partial charge in [0.05, 0.1) is 0 Å². The van der Waals surface area contributed by atoms with Crippen molar-refractivity contribution < 1.29 is 4.79 Å². The van der Waals surface area contributed by atoms with E-state index in [4.69, 9.17) is 5.73 Å². The Bertz CT molecular complexity index is 821. The largest absolute Gasteiger partial charge is 0.399 e. The molecule has 0 fully saturated rings. The van der Waals surface area contributed by atoms with Crippen molar-refractivity contribution >= 4 is 17.3 Å². The molecular formula is C14H14N4O3. The van der Waals surface area contributed by atoms with Gasteiger partial charge in [-0.05, 0) is 36.6 Å². The second-order valence-corrected chi connectivity index (χ2v) is 4.93. The van der Waals surface area contributed by atoms with Crippen LogP contribution in [0.2, 0.25) is 0 Å². The standard InChI is InChI=1S/C14H14N4O3/c15-9-3-4-11-8(6-9)2-1-5-18(11)13(20)10-7-16-14(21)17-12(10)19/h3-4,6-7H,1-2,5,15H2,(H2,16,17,19,21). The molecule has 7 heteroatoms. The zero-order valence-corrected chi connectivity index (χ0v) is 11.2. The Morgan fingerprint density at radius 2 is 2.10 bits per heavy atom. The second kappa shape index (κ2) is 4.93. The zero-order chi connectivity index (χ0) is 15.0. The van der Waals surface area contributed by atoms with Crippen LogP contribution in [0.3, 0.4) is 0 Å². The molecule has 1 amide bonds. The third kappa shape index (κ3) is 2.33. The van der Waals surface area contributed by atoms with E-state index in [1.54, 1.807) is 17.0 Å². The second-order valence-electron chi connectivity index (χ2n) is 4.93. The average molecular weight is 286 g/mol. The van der Waals surface area contributed by atoms with Gasteiger partial charge in [0.2, 0.25) is 0 Å². The van der Waals surface area contributed by atoms with Crippen LogP contribution in [0.25, 0.3) is 0 Å². The SMILES string of the molecule is Nc1ccc2c(c1)CCCN2C(=O)c1c[nH]c(=O)[nH]c1=O. The van der Waals surface area contributed by atoms with E-state index < -0.39 is 17.2 Å². The highest BCUT2D eigenvalue weighted by Gasteiger charge is 2.25. The molecular weight excluding hydrogens is 272 g/mol. The molecule has 0 atom stereocenters. The lowest BCUT2D eigenvalue weighted by Gasteiger charge is -2.29. The predicted octanol–water partition coefficient (Wildman–Crippen LogP) is 0.238. The number of nitrogens with zero attached hydrogens (tertiary/aromatic N) is 1. The van der Waals surface area contributed by atoms with Crippen LogP contribution in [0.4, 0.5) is 11.4 Å². The highest BCUT2D eigenvalue weighted by molar-refractivity contribution is 6.06. The molecule has 1 aromatic carbocycles. The lowest BCUT2D eigenvalue weighted by atomic mass is 10.0. The van der Waals surface area contributed by atoms with Gasteiger partial charge in [-0.25, -0.2) is 4.79 Å². The maximum absolute atomic E-state index is 12.5. The summed E-state index contributed by atoms with van der Waals surface area (Å²) in [5.74, 6) is -0.432. The number of rotatable bonds is 1. The molecule has 2 heterocycles.